The van der Waals surface area contributed by atoms with E-state index in [9.17, 15) is 4.79 Å². The lowest BCUT2D eigenvalue weighted by molar-refractivity contribution is -0.120. The minimum Gasteiger partial charge on any atom is -0.351 e. The predicted octanol–water partition coefficient (Wildman–Crippen LogP) is -0.755. The molecular formula is C7H12N4O. The second-order valence-corrected chi connectivity index (χ2v) is 2.41. The normalized spacial score (nSPS) is 9.75. The predicted molar refractivity (Wildman–Crippen MR) is 44.4 cm³/mol. The maximum atomic E-state index is 10.9. The molecule has 1 rings (SSSR count). The number of hydrogen-bond acceptors (Lipinski definition) is 3. The summed E-state index contributed by atoms with van der Waals surface area (Å²) < 4.78 is 0. The second-order valence-electron chi connectivity index (χ2n) is 2.41. The summed E-state index contributed by atoms with van der Waals surface area (Å²) in [7, 11) is 1.73. The standard InChI is InChI=1S/C7H12N4O/c1-8-5-7(12)9-2-6-3-10-11-4-6/h3-4,8H,2,5H2,1H3,(H,9,12)(H,10,11). The molecule has 0 spiro atoms. The van der Waals surface area contributed by atoms with Crippen molar-refractivity contribution in [1.29, 1.82) is 0 Å². The lowest BCUT2D eigenvalue weighted by Gasteiger charge is -2.01. The van der Waals surface area contributed by atoms with Crippen LogP contribution in [0, 0.1) is 0 Å². The van der Waals surface area contributed by atoms with E-state index in [1.807, 2.05) is 0 Å². The molecule has 0 fully saturated rings. The number of nitrogens with zero attached hydrogens (tertiary/aromatic N) is 1. The average molecular weight is 168 g/mol. The van der Waals surface area contributed by atoms with E-state index in [4.69, 9.17) is 0 Å². The van der Waals surface area contributed by atoms with Crippen molar-refractivity contribution in [3.63, 3.8) is 0 Å². The summed E-state index contributed by atoms with van der Waals surface area (Å²) in [4.78, 5) is 10.9. The van der Waals surface area contributed by atoms with Crippen LogP contribution in [0.4, 0.5) is 0 Å². The number of likely N-dealkylation sites (N-methyl/N-ethyl adjacent to an activating group) is 1. The van der Waals surface area contributed by atoms with Crippen LogP contribution in [0.3, 0.4) is 0 Å². The van der Waals surface area contributed by atoms with Crippen LogP contribution in [-0.4, -0.2) is 29.7 Å². The molecule has 5 nitrogen and oxygen atoms in total. The van der Waals surface area contributed by atoms with Crippen LogP contribution < -0.4 is 10.6 Å². The smallest absolute Gasteiger partial charge is 0.234 e. The molecule has 0 aliphatic rings. The summed E-state index contributed by atoms with van der Waals surface area (Å²) in [6.07, 6.45) is 3.43. The Hall–Kier alpha value is -1.36. The van der Waals surface area contributed by atoms with Gasteiger partial charge in [0.2, 0.25) is 5.91 Å². The Labute approximate surface area is 70.5 Å². The first-order valence-electron chi connectivity index (χ1n) is 3.72. The quantitative estimate of drug-likeness (QED) is 0.553. The number of hydrogen-bond donors (Lipinski definition) is 3. The zero-order valence-electron chi connectivity index (χ0n) is 6.92. The third-order valence-corrected chi connectivity index (χ3v) is 1.38. The Bertz CT molecular complexity index is 232. The average Bonchev–Trinajstić information content (AvgIpc) is 2.53. The van der Waals surface area contributed by atoms with E-state index in [1.54, 1.807) is 19.4 Å². The minimum absolute atomic E-state index is 0.0151. The Morgan fingerprint density at radius 1 is 1.75 bits per heavy atom. The van der Waals surface area contributed by atoms with Gasteiger partial charge in [0.05, 0.1) is 12.7 Å². The zero-order valence-corrected chi connectivity index (χ0v) is 6.92. The van der Waals surface area contributed by atoms with Crippen molar-refractivity contribution in [2.45, 2.75) is 6.54 Å². The first-order chi connectivity index (χ1) is 5.83. The monoisotopic (exact) mass is 168 g/mol. The van der Waals surface area contributed by atoms with Crippen molar-refractivity contribution >= 4 is 5.91 Å². The van der Waals surface area contributed by atoms with Crippen LogP contribution >= 0.6 is 0 Å². The van der Waals surface area contributed by atoms with Crippen molar-refractivity contribution in [3.05, 3.63) is 18.0 Å². The van der Waals surface area contributed by atoms with Crippen LogP contribution in [0.5, 0.6) is 0 Å². The molecule has 0 saturated carbocycles. The van der Waals surface area contributed by atoms with E-state index in [1.165, 1.54) is 0 Å². The molecule has 1 heterocycles. The molecule has 66 valence electrons. The molecule has 0 unspecified atom stereocenters. The van der Waals surface area contributed by atoms with Crippen molar-refractivity contribution in [2.24, 2.45) is 0 Å². The van der Waals surface area contributed by atoms with Gasteiger partial charge < -0.3 is 10.6 Å². The Kier molecular flexibility index (Phi) is 3.28. The SMILES string of the molecule is CNCC(=O)NCc1cn[nH]c1. The van der Waals surface area contributed by atoms with Crippen LogP contribution in [0.25, 0.3) is 0 Å². The van der Waals surface area contributed by atoms with Crippen LogP contribution in [0.1, 0.15) is 5.56 Å². The summed E-state index contributed by atoms with van der Waals surface area (Å²) in [6.45, 7) is 0.870. The minimum atomic E-state index is -0.0151. The molecule has 5 heteroatoms. The van der Waals surface area contributed by atoms with Gasteiger partial charge in [0, 0.05) is 18.3 Å². The molecule has 1 aromatic heterocycles. The Morgan fingerprint density at radius 3 is 3.17 bits per heavy atom. The van der Waals surface area contributed by atoms with Gasteiger partial charge in [-0.05, 0) is 7.05 Å². The molecule has 1 amide bonds. The number of aromatic nitrogens is 2. The van der Waals surface area contributed by atoms with Gasteiger partial charge in [-0.3, -0.25) is 9.89 Å². The van der Waals surface area contributed by atoms with Gasteiger partial charge in [0.15, 0.2) is 0 Å². The summed E-state index contributed by atoms with van der Waals surface area (Å²) in [5.41, 5.74) is 0.972. The van der Waals surface area contributed by atoms with Gasteiger partial charge in [-0.1, -0.05) is 0 Å². The molecular weight excluding hydrogens is 156 g/mol. The summed E-state index contributed by atoms with van der Waals surface area (Å²) in [6, 6.07) is 0. The van der Waals surface area contributed by atoms with Gasteiger partial charge in [0.25, 0.3) is 0 Å². The third-order valence-electron chi connectivity index (χ3n) is 1.38. The van der Waals surface area contributed by atoms with Crippen LogP contribution in [0.2, 0.25) is 0 Å². The molecule has 0 atom stereocenters. The summed E-state index contributed by atoms with van der Waals surface area (Å²) in [5, 5.41) is 11.9. The fourth-order valence-electron chi connectivity index (χ4n) is 0.798. The number of H-pyrrole nitrogens is 1. The molecule has 0 aliphatic carbocycles. The van der Waals surface area contributed by atoms with E-state index >= 15 is 0 Å². The van der Waals surface area contributed by atoms with Gasteiger partial charge >= 0.3 is 0 Å². The molecule has 0 saturated heterocycles. The van der Waals surface area contributed by atoms with E-state index < -0.39 is 0 Å². The summed E-state index contributed by atoms with van der Waals surface area (Å²) >= 11 is 0. The third kappa shape index (κ3) is 2.71. The Balaban J connectivity index is 2.22. The van der Waals surface area contributed by atoms with Crippen molar-refractivity contribution < 1.29 is 4.79 Å². The number of nitrogens with one attached hydrogen (secondary N) is 3. The van der Waals surface area contributed by atoms with Gasteiger partial charge in [-0.2, -0.15) is 5.10 Å². The molecule has 12 heavy (non-hydrogen) atoms. The molecule has 3 N–H and O–H groups in total. The van der Waals surface area contributed by atoms with E-state index in [2.05, 4.69) is 20.8 Å². The highest BCUT2D eigenvalue weighted by Crippen LogP contribution is 1.90. The summed E-state index contributed by atoms with van der Waals surface area (Å²) in [5.74, 6) is -0.0151. The maximum absolute atomic E-state index is 10.9. The van der Waals surface area contributed by atoms with Crippen molar-refractivity contribution in [1.82, 2.24) is 20.8 Å². The molecule has 0 radical (unpaired) electrons. The van der Waals surface area contributed by atoms with E-state index in [0.717, 1.165) is 5.56 Å². The molecule has 0 aliphatic heterocycles. The lowest BCUT2D eigenvalue weighted by atomic mass is 10.3. The first kappa shape index (κ1) is 8.73. The van der Waals surface area contributed by atoms with E-state index in [0.29, 0.717) is 13.1 Å². The number of rotatable bonds is 4. The van der Waals surface area contributed by atoms with Crippen LogP contribution in [0.15, 0.2) is 12.4 Å². The number of carbonyl (C=O) groups is 1. The number of aromatic amines is 1. The number of carbonyl (C=O) groups excluding carboxylic acids is 1. The van der Waals surface area contributed by atoms with Crippen molar-refractivity contribution in [3.8, 4) is 0 Å². The van der Waals surface area contributed by atoms with E-state index in [-0.39, 0.29) is 5.91 Å². The van der Waals surface area contributed by atoms with Gasteiger partial charge in [-0.25, -0.2) is 0 Å². The van der Waals surface area contributed by atoms with Gasteiger partial charge in [-0.15, -0.1) is 0 Å². The zero-order chi connectivity index (χ0) is 8.81. The first-order valence-corrected chi connectivity index (χ1v) is 3.72. The highest BCUT2D eigenvalue weighted by molar-refractivity contribution is 5.77. The Morgan fingerprint density at radius 2 is 2.58 bits per heavy atom. The lowest BCUT2D eigenvalue weighted by Crippen LogP contribution is -2.31. The highest BCUT2D eigenvalue weighted by atomic mass is 16.1. The number of amides is 1. The van der Waals surface area contributed by atoms with Crippen molar-refractivity contribution in [2.75, 3.05) is 13.6 Å². The fraction of sp³-hybridized carbons (Fsp3) is 0.429. The highest BCUT2D eigenvalue weighted by Gasteiger charge is 1.98. The second kappa shape index (κ2) is 4.50. The largest absolute Gasteiger partial charge is 0.351 e. The topological polar surface area (TPSA) is 69.8 Å². The molecule has 0 aromatic carbocycles. The molecule has 1 aromatic rings. The van der Waals surface area contributed by atoms with Crippen LogP contribution in [-0.2, 0) is 11.3 Å². The van der Waals surface area contributed by atoms with Gasteiger partial charge in [0.1, 0.15) is 0 Å². The maximum Gasteiger partial charge on any atom is 0.234 e. The fourth-order valence-corrected chi connectivity index (χ4v) is 0.798. The molecule has 0 bridgehead atoms.